The Morgan fingerprint density at radius 1 is 0.389 bits per heavy atom. The van der Waals surface area contributed by atoms with Crippen LogP contribution in [0.1, 0.15) is 0 Å². The summed E-state index contributed by atoms with van der Waals surface area (Å²) in [6.07, 6.45) is 0. The van der Waals surface area contributed by atoms with Gasteiger partial charge in [0.05, 0.1) is 0 Å². The quantitative estimate of drug-likeness (QED) is 0.181. The third kappa shape index (κ3) is 2110. The van der Waals surface area contributed by atoms with Crippen molar-refractivity contribution in [3.63, 3.8) is 0 Å². The average Bonchev–Trinajstić information content (AvgIpc) is 1.76. The van der Waals surface area contributed by atoms with Gasteiger partial charge < -0.3 is 57.5 Å². The molecule has 0 amide bonds. The maximum Gasteiger partial charge on any atom is 4.00 e. The SMILES string of the molecule is [O-]B([O-])F.[O-]B([O-])F.[O-]B([O-])F.[O-]B([O-])F.[Pb+4].[Pb+4]. The van der Waals surface area contributed by atoms with Crippen molar-refractivity contribution in [2.75, 3.05) is 0 Å². The smallest absolute Gasteiger partial charge is 0.867 e. The molecule has 0 saturated carbocycles. The molecule has 0 bridgehead atoms. The van der Waals surface area contributed by atoms with Gasteiger partial charge >= 0.3 is 54.6 Å². The Morgan fingerprint density at radius 2 is 0.389 bits per heavy atom. The summed E-state index contributed by atoms with van der Waals surface area (Å²) in [7, 11) is -12.7. The Hall–Kier alpha value is 1.50. The molecule has 0 aromatic heterocycles. The van der Waals surface area contributed by atoms with Crippen LogP contribution in [-0.2, 0) is 0 Å². The maximum atomic E-state index is 9.89. The predicted octanol–water partition coefficient (Wildman–Crippen LogP) is -10.1. The first kappa shape index (κ1) is 36.6. The third-order valence-electron chi connectivity index (χ3n) is 0. The van der Waals surface area contributed by atoms with E-state index in [1.807, 2.05) is 0 Å². The molecule has 0 aromatic carbocycles. The van der Waals surface area contributed by atoms with Gasteiger partial charge in [-0.25, -0.2) is 0 Å². The standard InChI is InChI=1S/4BFO2.2Pb/c4*2-1(3)4;;/q4*-2;2*+4. The molecule has 0 aliphatic heterocycles. The van der Waals surface area contributed by atoms with Gasteiger partial charge in [-0.05, 0) is 0 Å². The van der Waals surface area contributed by atoms with E-state index in [1.54, 1.807) is 0 Å². The second kappa shape index (κ2) is 31.1. The molecule has 0 unspecified atom stereocenters. The molecule has 0 aromatic rings. The Balaban J connectivity index is -0.0000000257. The molecule has 0 rings (SSSR count). The van der Waals surface area contributed by atoms with Gasteiger partial charge in [0.1, 0.15) is 29.6 Å². The van der Waals surface area contributed by atoms with Crippen molar-refractivity contribution in [1.82, 2.24) is 0 Å². The van der Waals surface area contributed by atoms with Crippen LogP contribution in [0.5, 0.6) is 0 Å². The van der Waals surface area contributed by atoms with Crippen molar-refractivity contribution in [1.29, 1.82) is 0 Å². The average molecular weight is 662 g/mol. The summed E-state index contributed by atoms with van der Waals surface area (Å²) >= 11 is 0. The topological polar surface area (TPSA) is 184 Å². The fourth-order valence-electron chi connectivity index (χ4n) is 0. The van der Waals surface area contributed by atoms with E-state index in [0.29, 0.717) is 0 Å². The van der Waals surface area contributed by atoms with Crippen molar-refractivity contribution in [3.8, 4) is 0 Å². The molecule has 0 aliphatic rings. The van der Waals surface area contributed by atoms with Crippen molar-refractivity contribution in [2.45, 2.75) is 0 Å². The van der Waals surface area contributed by atoms with Gasteiger partial charge in [-0.2, -0.15) is 0 Å². The van der Waals surface area contributed by atoms with Crippen LogP contribution in [0, 0.1) is 0 Å². The van der Waals surface area contributed by atoms with E-state index >= 15 is 0 Å². The maximum absolute atomic E-state index is 9.89. The summed E-state index contributed by atoms with van der Waals surface area (Å²) in [5.74, 6) is 0. The van der Waals surface area contributed by atoms with Crippen LogP contribution in [0.25, 0.3) is 0 Å². The van der Waals surface area contributed by atoms with Crippen LogP contribution in [0.3, 0.4) is 0 Å². The summed E-state index contributed by atoms with van der Waals surface area (Å²) in [4.78, 5) is 0. The summed E-state index contributed by atoms with van der Waals surface area (Å²) in [6.45, 7) is 0. The zero-order valence-electron chi connectivity index (χ0n) is 8.09. The van der Waals surface area contributed by atoms with E-state index < -0.39 is 29.6 Å². The second-order valence-electron chi connectivity index (χ2n) is 1.10. The van der Waals surface area contributed by atoms with Crippen molar-refractivity contribution in [2.24, 2.45) is 0 Å². The van der Waals surface area contributed by atoms with Crippen LogP contribution in [0.2, 0.25) is 0 Å². The number of hydrogen-bond donors (Lipinski definition) is 0. The van der Waals surface area contributed by atoms with Gasteiger partial charge in [0.2, 0.25) is 0 Å². The second-order valence-corrected chi connectivity index (χ2v) is 1.10. The molecule has 0 spiro atoms. The molecule has 18 heavy (non-hydrogen) atoms. The van der Waals surface area contributed by atoms with Crippen LogP contribution in [0.4, 0.5) is 17.3 Å². The summed E-state index contributed by atoms with van der Waals surface area (Å²) in [5, 5.41) is 66.4. The summed E-state index contributed by atoms with van der Waals surface area (Å²) in [6, 6.07) is 0. The zero-order valence-corrected chi connectivity index (χ0v) is 15.9. The van der Waals surface area contributed by atoms with Gasteiger partial charge in [0.15, 0.2) is 0 Å². The minimum Gasteiger partial charge on any atom is -0.867 e. The van der Waals surface area contributed by atoms with Gasteiger partial charge in [-0.3, -0.25) is 0 Å². The minimum absolute atomic E-state index is 0. The van der Waals surface area contributed by atoms with Crippen LogP contribution in [-0.4, -0.2) is 84.2 Å². The molecule has 96 valence electrons. The minimum atomic E-state index is -3.17. The molecule has 0 radical (unpaired) electrons. The fraction of sp³-hybridized carbons (Fsp3) is 0. The van der Waals surface area contributed by atoms with E-state index in [1.165, 1.54) is 0 Å². The van der Waals surface area contributed by atoms with Crippen LogP contribution < -0.4 is 40.2 Å². The first-order valence-corrected chi connectivity index (χ1v) is 2.76. The molecule has 8 nitrogen and oxygen atoms in total. The van der Waals surface area contributed by atoms with Crippen LogP contribution in [0.15, 0.2) is 0 Å². The summed E-state index contributed by atoms with van der Waals surface area (Å²) in [5.41, 5.74) is 0. The Kier molecular flexibility index (Phi) is 63.3. The molecule has 0 aliphatic carbocycles. The van der Waals surface area contributed by atoms with E-state index in [-0.39, 0.29) is 54.6 Å². The molecule has 18 heteroatoms. The summed E-state index contributed by atoms with van der Waals surface area (Å²) < 4.78 is 39.6. The van der Waals surface area contributed by atoms with Crippen LogP contribution >= 0.6 is 0 Å². The van der Waals surface area contributed by atoms with Gasteiger partial charge in [0.25, 0.3) is 0 Å². The van der Waals surface area contributed by atoms with Crippen molar-refractivity contribution < 1.29 is 57.5 Å². The Bertz CT molecular complexity index is 76.1. The van der Waals surface area contributed by atoms with Gasteiger partial charge in [-0.15, -0.1) is 0 Å². The first-order chi connectivity index (χ1) is 6.93. The van der Waals surface area contributed by atoms with Crippen molar-refractivity contribution in [3.05, 3.63) is 0 Å². The normalized spacial score (nSPS) is 6.00. The molecule has 0 heterocycles. The first-order valence-electron chi connectivity index (χ1n) is 2.76. The predicted molar refractivity (Wildman–Crippen MR) is 39.0 cm³/mol. The Morgan fingerprint density at radius 3 is 0.389 bits per heavy atom. The monoisotopic (exact) mass is 664 g/mol. The van der Waals surface area contributed by atoms with Gasteiger partial charge in [0, 0.05) is 0 Å². The molecule has 0 saturated heterocycles. The number of hydrogen-bond acceptors (Lipinski definition) is 8. The molecule has 0 atom stereocenters. The number of halogens is 4. The molecule has 0 N–H and O–H groups in total. The van der Waals surface area contributed by atoms with E-state index in [4.69, 9.17) is 40.2 Å². The molecule has 0 fully saturated rings. The fourth-order valence-corrected chi connectivity index (χ4v) is 0. The molecular weight excluding hydrogens is 662 g/mol. The van der Waals surface area contributed by atoms with E-state index in [2.05, 4.69) is 0 Å². The Labute approximate surface area is 141 Å². The third-order valence-corrected chi connectivity index (χ3v) is 0. The van der Waals surface area contributed by atoms with Crippen molar-refractivity contribution >= 4 is 84.2 Å². The number of rotatable bonds is 0. The molecular formula is B4F4O8Pb2. The zero-order chi connectivity index (χ0) is 14.3. The van der Waals surface area contributed by atoms with E-state index in [9.17, 15) is 17.3 Å². The van der Waals surface area contributed by atoms with Gasteiger partial charge in [-0.1, -0.05) is 0 Å². The largest absolute Gasteiger partial charge is 4.00 e. The van der Waals surface area contributed by atoms with E-state index in [0.717, 1.165) is 0 Å².